The largest absolute Gasteiger partial charge is 0.593 e. The first-order valence-electron chi connectivity index (χ1n) is 1.23. The Labute approximate surface area is 39.0 Å². The first-order valence-corrected chi connectivity index (χ1v) is 2.79. The monoisotopic (exact) mass is 106 g/mol. The first kappa shape index (κ1) is 5.78. The topological polar surface area (TPSA) is 52.2 Å². The van der Waals surface area contributed by atoms with E-state index in [1.165, 1.54) is 12.7 Å². The van der Waals surface area contributed by atoms with E-state index >= 15 is 0 Å². The fraction of sp³-hybridized carbons (Fsp3) is 0.500. The van der Waals surface area contributed by atoms with Crippen molar-refractivity contribution in [2.24, 2.45) is 0 Å². The van der Waals surface area contributed by atoms with Crippen molar-refractivity contribution in [3.8, 4) is 0 Å². The van der Waals surface area contributed by atoms with E-state index in [4.69, 9.17) is 0 Å². The summed E-state index contributed by atoms with van der Waals surface area (Å²) in [6.45, 7) is 0. The summed E-state index contributed by atoms with van der Waals surface area (Å²) in [6.07, 6.45) is 2.62. The van der Waals surface area contributed by atoms with Crippen LogP contribution in [0.25, 0.3) is 0 Å². The minimum absolute atomic E-state index is 1.24. The van der Waals surface area contributed by atoms with Gasteiger partial charge in [-0.3, -0.25) is 4.79 Å². The third-order valence-corrected chi connectivity index (χ3v) is 0.556. The second kappa shape index (κ2) is 2.99. The number of hydrogen-bond donors (Lipinski definition) is 1. The van der Waals surface area contributed by atoms with Gasteiger partial charge < -0.3 is 4.55 Å². The predicted octanol–water partition coefficient (Wildman–Crippen LogP) is -1.06. The van der Waals surface area contributed by atoms with Crippen molar-refractivity contribution in [2.45, 2.75) is 0 Å². The first-order chi connectivity index (χ1) is 2.77. The normalized spacial score (nSPS) is 13.0. The predicted molar refractivity (Wildman–Crippen MR) is 22.9 cm³/mol. The molecule has 1 atom stereocenters. The van der Waals surface area contributed by atoms with E-state index < -0.39 is 11.4 Å². The van der Waals surface area contributed by atoms with Crippen molar-refractivity contribution >= 4 is 17.8 Å². The Morgan fingerprint density at radius 3 is 2.50 bits per heavy atom. The van der Waals surface area contributed by atoms with Gasteiger partial charge in [0.25, 0.3) is 0 Å². The fourth-order valence-corrected chi connectivity index (χ4v) is 0.176. The van der Waals surface area contributed by atoms with E-state index in [9.17, 15) is 9.35 Å². The van der Waals surface area contributed by atoms with Gasteiger partial charge in [-0.05, 0) is 0 Å². The molecule has 1 N–H and O–H groups in total. The van der Waals surface area contributed by atoms with Crippen LogP contribution in [-0.2, 0) is 16.2 Å². The van der Waals surface area contributed by atoms with Crippen LogP contribution in [0.2, 0.25) is 0 Å². The zero-order valence-corrected chi connectivity index (χ0v) is 4.04. The molecule has 4 heteroatoms. The molecule has 0 fully saturated rings. The standard InChI is InChI=1S/C2H4NO2S/c1-6(5)3-2-4/h1H3,(H,3,4). The molecular weight excluding hydrogens is 102 g/mol. The zero-order valence-electron chi connectivity index (χ0n) is 3.22. The second-order valence-corrected chi connectivity index (χ2v) is 1.77. The Bertz CT molecular complexity index is 46.8. The van der Waals surface area contributed by atoms with Gasteiger partial charge in [-0.2, -0.15) is 4.72 Å². The van der Waals surface area contributed by atoms with Gasteiger partial charge in [0.15, 0.2) is 0 Å². The summed E-state index contributed by atoms with van der Waals surface area (Å²) in [5, 5.41) is 0. The number of rotatable bonds is 2. The van der Waals surface area contributed by atoms with Crippen molar-refractivity contribution < 1.29 is 9.35 Å². The Hall–Kier alpha value is -0.220. The Kier molecular flexibility index (Phi) is 2.88. The third kappa shape index (κ3) is 3.78. The highest BCUT2D eigenvalue weighted by atomic mass is 32.2. The molecule has 1 unspecified atom stereocenters. The number of nitrogens with one attached hydrogen (secondary N) is 1. The van der Waals surface area contributed by atoms with Crippen molar-refractivity contribution in [1.29, 1.82) is 0 Å². The second-order valence-electron chi connectivity index (χ2n) is 0.658. The van der Waals surface area contributed by atoms with Crippen LogP contribution in [0.4, 0.5) is 0 Å². The quantitative estimate of drug-likeness (QED) is 0.360. The molecule has 0 bridgehead atoms. The Balaban J connectivity index is 2.81. The van der Waals surface area contributed by atoms with Crippen LogP contribution in [0.5, 0.6) is 0 Å². The summed E-state index contributed by atoms with van der Waals surface area (Å²) in [7, 11) is 0. The highest BCUT2D eigenvalue weighted by molar-refractivity contribution is 7.89. The number of carbonyl (C=O) groups excluding carboxylic acids is 1. The van der Waals surface area contributed by atoms with Crippen molar-refractivity contribution in [3.63, 3.8) is 0 Å². The molecule has 0 aliphatic carbocycles. The summed E-state index contributed by atoms with van der Waals surface area (Å²) < 4.78 is 11.7. The van der Waals surface area contributed by atoms with Crippen LogP contribution < -0.4 is 4.72 Å². The molecule has 0 aromatic carbocycles. The highest BCUT2D eigenvalue weighted by Gasteiger charge is 1.86. The van der Waals surface area contributed by atoms with Crippen molar-refractivity contribution in [3.05, 3.63) is 0 Å². The maximum atomic E-state index is 9.78. The third-order valence-electron chi connectivity index (χ3n) is 0.185. The van der Waals surface area contributed by atoms with Gasteiger partial charge in [-0.15, -0.1) is 0 Å². The maximum absolute atomic E-state index is 9.78. The Morgan fingerprint density at radius 1 is 2.00 bits per heavy atom. The van der Waals surface area contributed by atoms with E-state index in [2.05, 4.69) is 0 Å². The molecule has 0 saturated heterocycles. The number of hydrogen-bond acceptors (Lipinski definition) is 2. The van der Waals surface area contributed by atoms with Crippen LogP contribution in [0.3, 0.4) is 0 Å². The van der Waals surface area contributed by atoms with Crippen molar-refractivity contribution in [2.75, 3.05) is 6.26 Å². The molecule has 0 aliphatic rings. The lowest BCUT2D eigenvalue weighted by atomic mass is 11.5. The summed E-state index contributed by atoms with van der Waals surface area (Å²) >= 11 is -1.24. The van der Waals surface area contributed by atoms with Crippen molar-refractivity contribution in [1.82, 2.24) is 4.72 Å². The van der Waals surface area contributed by atoms with E-state index in [-0.39, 0.29) is 0 Å². The van der Waals surface area contributed by atoms with Gasteiger partial charge in [0.05, 0.1) is 11.4 Å². The molecule has 0 spiro atoms. The van der Waals surface area contributed by atoms with Gasteiger partial charge in [-0.25, -0.2) is 0 Å². The van der Waals surface area contributed by atoms with Crippen LogP contribution in [0.1, 0.15) is 0 Å². The van der Waals surface area contributed by atoms with Crippen LogP contribution >= 0.6 is 0 Å². The summed E-state index contributed by atoms with van der Waals surface area (Å²) in [5.74, 6) is 0. The average Bonchev–Trinajstić information content (AvgIpc) is 1.35. The lowest BCUT2D eigenvalue weighted by molar-refractivity contribution is 0.548. The molecule has 0 aromatic rings. The van der Waals surface area contributed by atoms with E-state index in [1.807, 2.05) is 4.72 Å². The molecule has 0 rings (SSSR count). The SMILES string of the molecule is C[S+]([O-])N[C]=O. The molecule has 0 saturated carbocycles. The maximum Gasteiger partial charge on any atom is 0.354 e. The molecule has 3 nitrogen and oxygen atoms in total. The van der Waals surface area contributed by atoms with Crippen LogP contribution in [-0.4, -0.2) is 17.2 Å². The van der Waals surface area contributed by atoms with E-state index in [0.717, 1.165) is 0 Å². The molecule has 1 amide bonds. The van der Waals surface area contributed by atoms with Gasteiger partial charge in [0.1, 0.15) is 6.26 Å². The molecule has 6 heavy (non-hydrogen) atoms. The van der Waals surface area contributed by atoms with Crippen LogP contribution in [0.15, 0.2) is 0 Å². The fourth-order valence-electron chi connectivity index (χ4n) is 0.0587. The summed E-state index contributed by atoms with van der Waals surface area (Å²) in [4.78, 5) is 9.19. The molecule has 0 aromatic heterocycles. The number of amides is 1. The van der Waals surface area contributed by atoms with Crippen LogP contribution in [0, 0.1) is 0 Å². The van der Waals surface area contributed by atoms with Gasteiger partial charge >= 0.3 is 6.41 Å². The summed E-state index contributed by atoms with van der Waals surface area (Å²) in [6, 6.07) is 0. The van der Waals surface area contributed by atoms with E-state index in [1.54, 1.807) is 0 Å². The lowest BCUT2D eigenvalue weighted by Gasteiger charge is -1.94. The molecular formula is C2H4NO2S. The zero-order chi connectivity index (χ0) is 4.99. The highest BCUT2D eigenvalue weighted by Crippen LogP contribution is 1.63. The lowest BCUT2D eigenvalue weighted by Crippen LogP contribution is -2.19. The minimum Gasteiger partial charge on any atom is -0.593 e. The van der Waals surface area contributed by atoms with Gasteiger partial charge in [0.2, 0.25) is 0 Å². The van der Waals surface area contributed by atoms with Gasteiger partial charge in [0, 0.05) is 0 Å². The van der Waals surface area contributed by atoms with Gasteiger partial charge in [-0.1, -0.05) is 0 Å². The smallest absolute Gasteiger partial charge is 0.354 e. The van der Waals surface area contributed by atoms with E-state index in [0.29, 0.717) is 0 Å². The molecule has 1 radical (unpaired) electrons. The molecule has 0 aliphatic heterocycles. The molecule has 35 valence electrons. The average molecular weight is 106 g/mol. The summed E-state index contributed by atoms with van der Waals surface area (Å²) in [5.41, 5.74) is 0. The Morgan fingerprint density at radius 2 is 2.50 bits per heavy atom. The minimum atomic E-state index is -1.24. The molecule has 0 heterocycles.